The Morgan fingerprint density at radius 2 is 1.82 bits per heavy atom. The van der Waals surface area contributed by atoms with Crippen molar-refractivity contribution < 1.29 is 13.9 Å². The van der Waals surface area contributed by atoms with Crippen molar-refractivity contribution in [2.24, 2.45) is 0 Å². The van der Waals surface area contributed by atoms with Crippen LogP contribution in [0.3, 0.4) is 0 Å². The molecule has 0 atom stereocenters. The van der Waals surface area contributed by atoms with E-state index in [9.17, 15) is 4.89 Å². The number of hydrogen-bond donors (Lipinski definition) is 1. The van der Waals surface area contributed by atoms with E-state index in [-0.39, 0.29) is 6.16 Å². The van der Waals surface area contributed by atoms with E-state index in [1.165, 1.54) is 0 Å². The highest BCUT2D eigenvalue weighted by atomic mass is 31.2. The maximum atomic E-state index is 9.46. The van der Waals surface area contributed by atoms with Crippen LogP contribution in [0.1, 0.15) is 13.8 Å². The smallest absolute Gasteiger partial charge is 0.194 e. The van der Waals surface area contributed by atoms with E-state index in [2.05, 4.69) is 0 Å². The third-order valence-electron chi connectivity index (χ3n) is 0.932. The van der Waals surface area contributed by atoms with Crippen LogP contribution in [-0.4, -0.2) is 24.3 Å². The van der Waals surface area contributed by atoms with Crippen molar-refractivity contribution in [2.45, 2.75) is 13.8 Å². The molecule has 0 unspecified atom stereocenters. The predicted octanol–water partition coefficient (Wildman–Crippen LogP) is 1.34. The average Bonchev–Trinajstić information content (AvgIpc) is 1.88. The SMILES string of the molecule is CCO[P+](O)(CC#N)OCC. The first-order chi connectivity index (χ1) is 5.18. The number of hydrogen-bond acceptors (Lipinski definition) is 4. The van der Waals surface area contributed by atoms with Crippen LogP contribution in [0, 0.1) is 11.3 Å². The van der Waals surface area contributed by atoms with Gasteiger partial charge in [-0.15, -0.1) is 0 Å². The lowest BCUT2D eigenvalue weighted by molar-refractivity contribution is 0.192. The Morgan fingerprint density at radius 3 is 2.09 bits per heavy atom. The monoisotopic (exact) mass is 178 g/mol. The van der Waals surface area contributed by atoms with Crippen LogP contribution >= 0.6 is 7.94 Å². The summed E-state index contributed by atoms with van der Waals surface area (Å²) in [6.07, 6.45) is -0.0608. The van der Waals surface area contributed by atoms with E-state index in [0.29, 0.717) is 13.2 Å². The highest BCUT2D eigenvalue weighted by Crippen LogP contribution is 2.56. The van der Waals surface area contributed by atoms with E-state index in [1.54, 1.807) is 13.8 Å². The fourth-order valence-electron chi connectivity index (χ4n) is 0.621. The van der Waals surface area contributed by atoms with Gasteiger partial charge >= 0.3 is 7.94 Å². The second-order valence-electron chi connectivity index (χ2n) is 1.79. The average molecular weight is 178 g/mol. The summed E-state index contributed by atoms with van der Waals surface area (Å²) in [6.45, 7) is 4.24. The highest BCUT2D eigenvalue weighted by Gasteiger charge is 2.39. The molecule has 0 aliphatic heterocycles. The molecule has 0 rings (SSSR count). The molecule has 0 heterocycles. The first-order valence-electron chi connectivity index (χ1n) is 3.45. The molecule has 0 bridgehead atoms. The summed E-state index contributed by atoms with van der Waals surface area (Å²) in [5.74, 6) is 0. The van der Waals surface area contributed by atoms with Gasteiger partial charge in [0.15, 0.2) is 0 Å². The van der Waals surface area contributed by atoms with Crippen molar-refractivity contribution in [2.75, 3.05) is 19.4 Å². The van der Waals surface area contributed by atoms with Crippen LogP contribution in [0.2, 0.25) is 0 Å². The van der Waals surface area contributed by atoms with Crippen molar-refractivity contribution in [1.29, 1.82) is 5.26 Å². The van der Waals surface area contributed by atoms with E-state index < -0.39 is 7.94 Å². The molecule has 0 aromatic rings. The molecule has 4 nitrogen and oxygen atoms in total. The van der Waals surface area contributed by atoms with Gasteiger partial charge in [-0.05, 0) is 13.8 Å². The molecule has 0 spiro atoms. The van der Waals surface area contributed by atoms with Gasteiger partial charge in [-0.3, -0.25) is 0 Å². The first kappa shape index (κ1) is 10.8. The minimum absolute atomic E-state index is 0.0608. The Kier molecular flexibility index (Phi) is 5.35. The molecule has 0 aromatic heterocycles. The number of rotatable bonds is 5. The summed E-state index contributed by atoms with van der Waals surface area (Å²) < 4.78 is 9.86. The molecule has 1 N–H and O–H groups in total. The first-order valence-corrected chi connectivity index (χ1v) is 5.21. The van der Waals surface area contributed by atoms with Crippen LogP contribution in [0.4, 0.5) is 0 Å². The van der Waals surface area contributed by atoms with Gasteiger partial charge in [-0.1, -0.05) is 0 Å². The largest absolute Gasteiger partial charge is 0.423 e. The van der Waals surface area contributed by atoms with Gasteiger partial charge < -0.3 is 0 Å². The fraction of sp³-hybridized carbons (Fsp3) is 0.833. The third-order valence-corrected chi connectivity index (χ3v) is 2.80. The van der Waals surface area contributed by atoms with E-state index >= 15 is 0 Å². The Morgan fingerprint density at radius 1 is 1.36 bits per heavy atom. The zero-order valence-corrected chi connectivity index (χ0v) is 7.67. The molecule has 0 aliphatic rings. The highest BCUT2D eigenvalue weighted by molar-refractivity contribution is 7.60. The Labute approximate surface area is 67.3 Å². The molecule has 0 radical (unpaired) electrons. The topological polar surface area (TPSA) is 62.5 Å². The van der Waals surface area contributed by atoms with Gasteiger partial charge in [0.1, 0.15) is 6.07 Å². The standard InChI is InChI=1S/C6H13NO3P/c1-3-9-11(8,6-5-7)10-4-2/h8H,3-4,6H2,1-2H3/q+1. The quantitative estimate of drug-likeness (QED) is 0.645. The molecule has 0 aromatic carbocycles. The summed E-state index contributed by atoms with van der Waals surface area (Å²) in [6, 6.07) is 1.83. The molecule has 64 valence electrons. The molecule has 11 heavy (non-hydrogen) atoms. The molecule has 5 heteroatoms. The lowest BCUT2D eigenvalue weighted by atomic mass is 10.9. The van der Waals surface area contributed by atoms with Gasteiger partial charge in [0.05, 0.1) is 13.2 Å². The fourth-order valence-corrected chi connectivity index (χ4v) is 1.86. The van der Waals surface area contributed by atoms with Gasteiger partial charge in [-0.2, -0.15) is 19.2 Å². The molecular weight excluding hydrogens is 165 g/mol. The molecule has 0 amide bonds. The minimum Gasteiger partial charge on any atom is -0.194 e. The maximum Gasteiger partial charge on any atom is 0.423 e. The predicted molar refractivity (Wildman–Crippen MR) is 42.9 cm³/mol. The van der Waals surface area contributed by atoms with Crippen LogP contribution in [0.5, 0.6) is 0 Å². The lowest BCUT2D eigenvalue weighted by Gasteiger charge is -2.11. The van der Waals surface area contributed by atoms with Crippen molar-refractivity contribution in [1.82, 2.24) is 0 Å². The summed E-state index contributed by atoms with van der Waals surface area (Å²) in [4.78, 5) is 9.46. The summed E-state index contributed by atoms with van der Waals surface area (Å²) >= 11 is 0. The number of nitriles is 1. The van der Waals surface area contributed by atoms with Crippen molar-refractivity contribution >= 4 is 7.94 Å². The van der Waals surface area contributed by atoms with Gasteiger partial charge in [0.25, 0.3) is 0 Å². The zero-order valence-electron chi connectivity index (χ0n) is 6.78. The van der Waals surface area contributed by atoms with Crippen LogP contribution in [0.25, 0.3) is 0 Å². The number of nitrogens with zero attached hydrogens (tertiary/aromatic N) is 1. The van der Waals surface area contributed by atoms with E-state index in [4.69, 9.17) is 14.3 Å². The normalized spacial score (nSPS) is 11.1. The van der Waals surface area contributed by atoms with Gasteiger partial charge in [0.2, 0.25) is 6.16 Å². The third kappa shape index (κ3) is 4.28. The van der Waals surface area contributed by atoms with E-state index in [1.807, 2.05) is 6.07 Å². The van der Waals surface area contributed by atoms with Crippen molar-refractivity contribution in [3.05, 3.63) is 0 Å². The zero-order chi connectivity index (χ0) is 8.74. The van der Waals surface area contributed by atoms with E-state index in [0.717, 1.165) is 0 Å². The Balaban J connectivity index is 3.92. The Hall–Kier alpha value is -0.200. The minimum atomic E-state index is -2.83. The summed E-state index contributed by atoms with van der Waals surface area (Å²) in [5, 5.41) is 8.31. The lowest BCUT2D eigenvalue weighted by Crippen LogP contribution is -2.05. The van der Waals surface area contributed by atoms with Crippen molar-refractivity contribution in [3.63, 3.8) is 0 Å². The van der Waals surface area contributed by atoms with Gasteiger partial charge in [-0.25, -0.2) is 0 Å². The summed E-state index contributed by atoms with van der Waals surface area (Å²) in [7, 11) is -2.83. The van der Waals surface area contributed by atoms with Crippen LogP contribution in [-0.2, 0) is 9.05 Å². The molecular formula is C6H13NO3P+. The second kappa shape index (κ2) is 5.45. The van der Waals surface area contributed by atoms with Crippen molar-refractivity contribution in [3.8, 4) is 6.07 Å². The van der Waals surface area contributed by atoms with Gasteiger partial charge in [0, 0.05) is 0 Å². The summed E-state index contributed by atoms with van der Waals surface area (Å²) in [5.41, 5.74) is 0. The Bertz CT molecular complexity index is 139. The molecule has 0 saturated carbocycles. The molecule has 0 saturated heterocycles. The van der Waals surface area contributed by atoms with Crippen LogP contribution < -0.4 is 0 Å². The second-order valence-corrected chi connectivity index (χ2v) is 3.90. The van der Waals surface area contributed by atoms with Crippen LogP contribution in [0.15, 0.2) is 0 Å². The molecule has 0 fully saturated rings. The maximum absolute atomic E-state index is 9.46. The molecule has 0 aliphatic carbocycles.